The molecule has 0 saturated carbocycles. The Morgan fingerprint density at radius 3 is 2.47 bits per heavy atom. The molecule has 0 saturated heterocycles. The summed E-state index contributed by atoms with van der Waals surface area (Å²) in [6, 6.07) is 4.59. The summed E-state index contributed by atoms with van der Waals surface area (Å²) >= 11 is 0. The first-order valence-electron chi connectivity index (χ1n) is 4.01. The van der Waals surface area contributed by atoms with E-state index in [9.17, 15) is 8.42 Å². The summed E-state index contributed by atoms with van der Waals surface area (Å²) in [7, 11) is -2.53. The molecule has 0 aromatic heterocycles. The molecule has 1 aromatic rings. The van der Waals surface area contributed by atoms with E-state index in [4.69, 9.17) is 15.1 Å². The quantitative estimate of drug-likeness (QED) is 0.795. The van der Waals surface area contributed by atoms with Crippen LogP contribution in [0.3, 0.4) is 0 Å². The lowest BCUT2D eigenvalue weighted by Gasteiger charge is -2.09. The molecule has 5 nitrogen and oxygen atoms in total. The number of sulfonamides is 1. The molecule has 15 heavy (non-hydrogen) atoms. The molecule has 0 aliphatic rings. The van der Waals surface area contributed by atoms with Gasteiger partial charge in [-0.1, -0.05) is 0 Å². The van der Waals surface area contributed by atoms with Crippen LogP contribution in [0.1, 0.15) is 11.1 Å². The SMILES string of the molecule is COc1c(C)cc(C#N)cc1S(N)(=O)=O. The second-order valence-electron chi connectivity index (χ2n) is 2.98. The van der Waals surface area contributed by atoms with Gasteiger partial charge in [0.25, 0.3) is 0 Å². The Kier molecular flexibility index (Phi) is 2.98. The minimum atomic E-state index is -3.88. The molecule has 0 spiro atoms. The van der Waals surface area contributed by atoms with Crippen LogP contribution in [0.2, 0.25) is 0 Å². The van der Waals surface area contributed by atoms with Crippen LogP contribution in [0.15, 0.2) is 17.0 Å². The van der Waals surface area contributed by atoms with Gasteiger partial charge in [-0.3, -0.25) is 0 Å². The zero-order chi connectivity index (χ0) is 11.6. The van der Waals surface area contributed by atoms with Crippen molar-refractivity contribution >= 4 is 10.0 Å². The van der Waals surface area contributed by atoms with E-state index in [2.05, 4.69) is 0 Å². The van der Waals surface area contributed by atoms with Gasteiger partial charge in [-0.25, -0.2) is 13.6 Å². The Morgan fingerprint density at radius 1 is 1.47 bits per heavy atom. The number of nitrogens with two attached hydrogens (primary N) is 1. The lowest BCUT2D eigenvalue weighted by atomic mass is 10.1. The van der Waals surface area contributed by atoms with Gasteiger partial charge >= 0.3 is 0 Å². The van der Waals surface area contributed by atoms with E-state index < -0.39 is 10.0 Å². The van der Waals surface area contributed by atoms with Crippen LogP contribution < -0.4 is 9.88 Å². The van der Waals surface area contributed by atoms with Crippen LogP contribution in [0.4, 0.5) is 0 Å². The molecule has 2 N–H and O–H groups in total. The first kappa shape index (κ1) is 11.5. The Labute approximate surface area is 88.1 Å². The number of nitrogens with zero attached hydrogens (tertiary/aromatic N) is 1. The third kappa shape index (κ3) is 2.26. The minimum Gasteiger partial charge on any atom is -0.495 e. The summed E-state index contributed by atoms with van der Waals surface area (Å²) in [5.74, 6) is 0.177. The lowest BCUT2D eigenvalue weighted by Crippen LogP contribution is -2.14. The molecule has 0 unspecified atom stereocenters. The number of ether oxygens (including phenoxy) is 1. The van der Waals surface area contributed by atoms with E-state index in [1.165, 1.54) is 19.2 Å². The maximum absolute atomic E-state index is 11.2. The van der Waals surface area contributed by atoms with Crippen LogP contribution in [-0.2, 0) is 10.0 Å². The van der Waals surface area contributed by atoms with Crippen LogP contribution in [0, 0.1) is 18.3 Å². The molecule has 0 bridgehead atoms. The van der Waals surface area contributed by atoms with E-state index >= 15 is 0 Å². The summed E-state index contributed by atoms with van der Waals surface area (Å²) in [5, 5.41) is 13.7. The van der Waals surface area contributed by atoms with Gasteiger partial charge in [0.1, 0.15) is 10.6 Å². The van der Waals surface area contributed by atoms with Gasteiger partial charge in [-0.2, -0.15) is 5.26 Å². The van der Waals surface area contributed by atoms with Gasteiger partial charge in [0.15, 0.2) is 0 Å². The van der Waals surface area contributed by atoms with Crippen LogP contribution >= 0.6 is 0 Å². The van der Waals surface area contributed by atoms with E-state index in [0.29, 0.717) is 5.56 Å². The molecule has 6 heteroatoms. The van der Waals surface area contributed by atoms with Gasteiger partial charge in [0.2, 0.25) is 10.0 Å². The summed E-state index contributed by atoms with van der Waals surface area (Å²) in [5.41, 5.74) is 0.790. The average Bonchev–Trinajstić information content (AvgIpc) is 2.15. The van der Waals surface area contributed by atoms with E-state index in [0.717, 1.165) is 0 Å². The molecule has 0 radical (unpaired) electrons. The Morgan fingerprint density at radius 2 is 2.07 bits per heavy atom. The van der Waals surface area contributed by atoms with Gasteiger partial charge in [0, 0.05) is 0 Å². The van der Waals surface area contributed by atoms with Crippen LogP contribution in [-0.4, -0.2) is 15.5 Å². The fourth-order valence-electron chi connectivity index (χ4n) is 1.28. The number of rotatable bonds is 2. The van der Waals surface area contributed by atoms with Crippen molar-refractivity contribution in [1.82, 2.24) is 0 Å². The van der Waals surface area contributed by atoms with E-state index in [1.54, 1.807) is 6.92 Å². The Balaban J connectivity index is 3.63. The number of hydrogen-bond acceptors (Lipinski definition) is 4. The van der Waals surface area contributed by atoms with Crippen molar-refractivity contribution in [3.63, 3.8) is 0 Å². The molecule has 0 aliphatic heterocycles. The topological polar surface area (TPSA) is 93.2 Å². The van der Waals surface area contributed by atoms with Crippen molar-refractivity contribution in [3.8, 4) is 11.8 Å². The number of benzene rings is 1. The maximum Gasteiger partial charge on any atom is 0.241 e. The molecule has 0 amide bonds. The number of nitriles is 1. The molecule has 1 aromatic carbocycles. The first-order valence-corrected chi connectivity index (χ1v) is 5.56. The molecule has 80 valence electrons. The number of hydrogen-bond donors (Lipinski definition) is 1. The third-order valence-corrected chi connectivity index (χ3v) is 2.80. The lowest BCUT2D eigenvalue weighted by molar-refractivity contribution is 0.399. The minimum absolute atomic E-state index is 0.165. The highest BCUT2D eigenvalue weighted by Gasteiger charge is 2.18. The van der Waals surface area contributed by atoms with E-state index in [-0.39, 0.29) is 16.2 Å². The van der Waals surface area contributed by atoms with Gasteiger partial charge in [0.05, 0.1) is 18.7 Å². The highest BCUT2D eigenvalue weighted by Crippen LogP contribution is 2.27. The zero-order valence-electron chi connectivity index (χ0n) is 8.31. The predicted molar refractivity (Wildman–Crippen MR) is 53.8 cm³/mol. The Bertz CT molecular complexity index is 529. The van der Waals surface area contributed by atoms with Crippen molar-refractivity contribution in [1.29, 1.82) is 5.26 Å². The molecule has 1 rings (SSSR count). The number of methoxy groups -OCH3 is 1. The predicted octanol–water partition coefficient (Wildman–Crippen LogP) is 0.523. The summed E-state index contributed by atoms with van der Waals surface area (Å²) in [6.45, 7) is 1.65. The Hall–Kier alpha value is -1.58. The van der Waals surface area contributed by atoms with Crippen molar-refractivity contribution in [2.24, 2.45) is 5.14 Å². The number of aryl methyl sites for hydroxylation is 1. The standard InChI is InChI=1S/C9H10N2O3S/c1-6-3-7(5-10)4-8(9(6)14-2)15(11,12)13/h3-4H,1-2H3,(H2,11,12,13). The second-order valence-corrected chi connectivity index (χ2v) is 4.51. The van der Waals surface area contributed by atoms with Crippen molar-refractivity contribution in [3.05, 3.63) is 23.3 Å². The first-order chi connectivity index (χ1) is 6.90. The van der Waals surface area contributed by atoms with E-state index in [1.807, 2.05) is 6.07 Å². The molecule has 0 aliphatic carbocycles. The second kappa shape index (κ2) is 3.88. The summed E-state index contributed by atoms with van der Waals surface area (Å²) < 4.78 is 27.4. The molecule has 0 atom stereocenters. The fourth-order valence-corrected chi connectivity index (χ4v) is 2.07. The van der Waals surface area contributed by atoms with Crippen molar-refractivity contribution < 1.29 is 13.2 Å². The largest absolute Gasteiger partial charge is 0.495 e. The van der Waals surface area contributed by atoms with Crippen LogP contribution in [0.5, 0.6) is 5.75 Å². The smallest absolute Gasteiger partial charge is 0.241 e. The number of primary sulfonamides is 1. The third-order valence-electron chi connectivity index (χ3n) is 1.88. The molecule has 0 fully saturated rings. The zero-order valence-corrected chi connectivity index (χ0v) is 9.13. The average molecular weight is 226 g/mol. The monoisotopic (exact) mass is 226 g/mol. The molecular weight excluding hydrogens is 216 g/mol. The normalized spacial score (nSPS) is 10.8. The van der Waals surface area contributed by atoms with Crippen LogP contribution in [0.25, 0.3) is 0 Å². The van der Waals surface area contributed by atoms with Crippen molar-refractivity contribution in [2.45, 2.75) is 11.8 Å². The fraction of sp³-hybridized carbons (Fsp3) is 0.222. The molecular formula is C9H10N2O3S. The van der Waals surface area contributed by atoms with Gasteiger partial charge < -0.3 is 4.74 Å². The van der Waals surface area contributed by atoms with Gasteiger partial charge in [-0.15, -0.1) is 0 Å². The summed E-state index contributed by atoms with van der Waals surface area (Å²) in [6.07, 6.45) is 0. The highest BCUT2D eigenvalue weighted by molar-refractivity contribution is 7.89. The summed E-state index contributed by atoms with van der Waals surface area (Å²) in [4.78, 5) is -0.165. The highest BCUT2D eigenvalue weighted by atomic mass is 32.2. The van der Waals surface area contributed by atoms with Gasteiger partial charge in [-0.05, 0) is 24.6 Å². The maximum atomic E-state index is 11.2. The van der Waals surface area contributed by atoms with Crippen molar-refractivity contribution in [2.75, 3.05) is 7.11 Å². The molecule has 0 heterocycles.